The van der Waals surface area contributed by atoms with Crippen LogP contribution in [0.25, 0.3) is 0 Å². The molecule has 1 aromatic carbocycles. The molecule has 0 saturated heterocycles. The average Bonchev–Trinajstić information content (AvgIpc) is 2.25. The second kappa shape index (κ2) is 5.59. The first-order valence-corrected chi connectivity index (χ1v) is 7.21. The fraction of sp³-hybridized carbons (Fsp3) is 0.455. The molecule has 0 radical (unpaired) electrons. The van der Waals surface area contributed by atoms with Gasteiger partial charge in [0, 0.05) is 0 Å². The van der Waals surface area contributed by atoms with Crippen molar-refractivity contribution >= 4 is 7.82 Å². The van der Waals surface area contributed by atoms with Crippen molar-refractivity contribution < 1.29 is 28.3 Å². The molecule has 0 aliphatic rings. The van der Waals surface area contributed by atoms with Crippen LogP contribution in [0.1, 0.15) is 5.56 Å². The molecule has 20 heavy (non-hydrogen) atoms. The summed E-state index contributed by atoms with van der Waals surface area (Å²) in [5, 5.41) is 11.5. The van der Waals surface area contributed by atoms with Crippen LogP contribution in [-0.2, 0) is 14.8 Å². The van der Waals surface area contributed by atoms with Gasteiger partial charge in [0.2, 0.25) is 0 Å². The first-order chi connectivity index (χ1) is 8.96. The molecule has 0 aromatic heterocycles. The lowest BCUT2D eigenvalue weighted by Crippen LogP contribution is -2.53. The predicted molar refractivity (Wildman–Crippen MR) is 68.9 cm³/mol. The quantitative estimate of drug-likeness (QED) is 0.266. The Morgan fingerprint density at radius 2 is 1.85 bits per heavy atom. The predicted octanol–water partition coefficient (Wildman–Crippen LogP) is 0.300. The maximum absolute atomic E-state index is 11.5. The van der Waals surface area contributed by atoms with Crippen LogP contribution in [0.5, 0.6) is 0 Å². The lowest BCUT2D eigenvalue weighted by atomic mass is 10.0. The summed E-state index contributed by atoms with van der Waals surface area (Å²) in [6.45, 7) is -0.281. The van der Waals surface area contributed by atoms with Crippen molar-refractivity contribution in [3.8, 4) is 0 Å². The summed E-state index contributed by atoms with van der Waals surface area (Å²) in [6, 6.07) is 7.46. The molecule has 0 bridgehead atoms. The zero-order chi connectivity index (χ0) is 15.6. The number of phosphoric ester groups is 1. The molecule has 112 valence electrons. The van der Waals surface area contributed by atoms with Crippen LogP contribution in [0.3, 0.4) is 0 Å². The molecule has 0 fully saturated rings. The molecular weight excluding hydrogens is 287 g/mol. The van der Waals surface area contributed by atoms with Gasteiger partial charge in [-0.15, -0.1) is 0 Å². The van der Waals surface area contributed by atoms with Gasteiger partial charge in [0.05, 0.1) is 31.6 Å². The van der Waals surface area contributed by atoms with Gasteiger partial charge in [-0.2, -0.15) is 0 Å². The minimum absolute atomic E-state index is 0.0446. The van der Waals surface area contributed by atoms with E-state index in [1.165, 1.54) is 24.3 Å². The number of hydrogen-bond donors (Lipinski definition) is 1. The van der Waals surface area contributed by atoms with Crippen molar-refractivity contribution in [1.29, 1.82) is 0 Å². The van der Waals surface area contributed by atoms with Gasteiger partial charge in [-0.25, -0.2) is 4.52 Å². The van der Waals surface area contributed by atoms with Crippen molar-refractivity contribution in [2.45, 2.75) is 5.72 Å². The lowest BCUT2D eigenvalue weighted by Gasteiger charge is -2.34. The van der Waals surface area contributed by atoms with E-state index in [2.05, 4.69) is 4.52 Å². The lowest BCUT2D eigenvalue weighted by molar-refractivity contribution is -0.898. The molecule has 9 heteroatoms. The smallest absolute Gasteiger partial charge is 0.405 e. The van der Waals surface area contributed by atoms with Gasteiger partial charge in [0.1, 0.15) is 0 Å². The van der Waals surface area contributed by atoms with E-state index in [0.29, 0.717) is 0 Å². The zero-order valence-corrected chi connectivity index (χ0v) is 12.3. The minimum Gasteiger partial charge on any atom is -0.756 e. The van der Waals surface area contributed by atoms with Crippen molar-refractivity contribution in [3.05, 3.63) is 46.0 Å². The molecule has 0 amide bonds. The van der Waals surface area contributed by atoms with E-state index < -0.39 is 18.5 Å². The van der Waals surface area contributed by atoms with Gasteiger partial charge in [-0.3, -0.25) is 14.7 Å². The molecule has 1 aromatic rings. The average molecular weight is 304 g/mol. The molecule has 0 spiro atoms. The van der Waals surface area contributed by atoms with Crippen molar-refractivity contribution in [2.24, 2.45) is 0 Å². The number of nitrogens with zero attached hydrogens (tertiary/aromatic N) is 2. The number of benzene rings is 1. The molecule has 0 aliphatic carbocycles. The van der Waals surface area contributed by atoms with Crippen LogP contribution in [0.15, 0.2) is 30.3 Å². The highest BCUT2D eigenvalue weighted by molar-refractivity contribution is 7.44. The second-order valence-electron chi connectivity index (χ2n) is 5.42. The molecule has 2 unspecified atom stereocenters. The van der Waals surface area contributed by atoms with Crippen LogP contribution in [0.4, 0.5) is 0 Å². The fourth-order valence-corrected chi connectivity index (χ4v) is 2.51. The summed E-state index contributed by atoms with van der Waals surface area (Å²) in [5.41, 5.74) is -2.32. The monoisotopic (exact) mass is 304 g/mol. The van der Waals surface area contributed by atoms with Crippen molar-refractivity contribution in [2.75, 3.05) is 27.7 Å². The summed E-state index contributed by atoms with van der Waals surface area (Å²) in [7, 11) is -0.343. The SMILES string of the molecule is C[N+](C)(C)CC(OP(=O)([O-])O)(c1ccccc1)[N+](=O)[O-]. The Kier molecular flexibility index (Phi) is 4.68. The summed E-state index contributed by atoms with van der Waals surface area (Å²) in [4.78, 5) is 30.6. The summed E-state index contributed by atoms with van der Waals surface area (Å²) in [5.74, 6) is 0. The first-order valence-electron chi connectivity index (χ1n) is 5.71. The highest BCUT2D eigenvalue weighted by Crippen LogP contribution is 2.43. The van der Waals surface area contributed by atoms with Crippen LogP contribution in [-0.4, -0.2) is 42.0 Å². The van der Waals surface area contributed by atoms with Crippen molar-refractivity contribution in [1.82, 2.24) is 0 Å². The maximum atomic E-state index is 11.5. The molecule has 1 N–H and O–H groups in total. The van der Waals surface area contributed by atoms with E-state index in [9.17, 15) is 19.6 Å². The fourth-order valence-electron chi connectivity index (χ4n) is 1.90. The minimum atomic E-state index is -5.29. The number of rotatable bonds is 6. The Bertz CT molecular complexity index is 523. The second-order valence-corrected chi connectivity index (χ2v) is 6.54. The normalized spacial score (nSPS) is 18.1. The standard InChI is InChI=1S/C11H17N2O6P/c1-13(2,3)9-11(12(14)15,19-20(16,17)18)10-7-5-4-6-8-10/h4-8H,9H2,1-3H3,(H-,16,17,18). The van der Waals surface area contributed by atoms with Crippen molar-refractivity contribution in [3.63, 3.8) is 0 Å². The van der Waals surface area contributed by atoms with Crippen LogP contribution in [0.2, 0.25) is 0 Å². The third kappa shape index (κ3) is 4.36. The number of likely N-dealkylation sites (N-methyl/N-ethyl adjacent to an activating group) is 1. The third-order valence-corrected chi connectivity index (χ3v) is 3.01. The highest BCUT2D eigenvalue weighted by atomic mass is 31.2. The molecule has 8 nitrogen and oxygen atoms in total. The number of quaternary nitrogens is 1. The number of nitro groups is 1. The van der Waals surface area contributed by atoms with Gasteiger partial charge in [0.25, 0.3) is 7.82 Å². The topological polar surface area (TPSA) is 113 Å². The van der Waals surface area contributed by atoms with Gasteiger partial charge >= 0.3 is 5.72 Å². The summed E-state index contributed by atoms with van der Waals surface area (Å²) >= 11 is 0. The Hall–Kier alpha value is -1.31. The van der Waals surface area contributed by atoms with Gasteiger partial charge in [0.15, 0.2) is 6.54 Å². The van der Waals surface area contributed by atoms with Crippen LogP contribution in [0, 0.1) is 10.1 Å². The van der Waals surface area contributed by atoms with Crippen LogP contribution < -0.4 is 4.89 Å². The Balaban J connectivity index is 3.43. The van der Waals surface area contributed by atoms with Crippen LogP contribution >= 0.6 is 7.82 Å². The van der Waals surface area contributed by atoms with Gasteiger partial charge in [-0.1, -0.05) is 18.2 Å². The molecule has 0 aliphatic heterocycles. The number of phosphoric acid groups is 1. The molecule has 1 rings (SSSR count). The summed E-state index contributed by atoms with van der Waals surface area (Å²) < 4.78 is 15.6. The Morgan fingerprint density at radius 3 is 2.20 bits per heavy atom. The first kappa shape index (κ1) is 16.7. The molecule has 2 atom stereocenters. The van der Waals surface area contributed by atoms with E-state index in [1.807, 2.05) is 0 Å². The molecule has 0 saturated carbocycles. The van der Waals surface area contributed by atoms with E-state index in [-0.39, 0.29) is 16.6 Å². The van der Waals surface area contributed by atoms with E-state index in [0.717, 1.165) is 0 Å². The Labute approximate surface area is 116 Å². The van der Waals surface area contributed by atoms with E-state index in [4.69, 9.17) is 4.89 Å². The maximum Gasteiger partial charge on any atom is 0.405 e. The number of hydrogen-bond acceptors (Lipinski definition) is 5. The molecular formula is C11H17N2O6P. The third-order valence-electron chi connectivity index (χ3n) is 2.47. The van der Waals surface area contributed by atoms with Gasteiger partial charge in [-0.05, 0) is 12.1 Å². The highest BCUT2D eigenvalue weighted by Gasteiger charge is 2.53. The van der Waals surface area contributed by atoms with Gasteiger partial charge < -0.3 is 14.3 Å². The zero-order valence-electron chi connectivity index (χ0n) is 11.4. The Morgan fingerprint density at radius 1 is 1.35 bits per heavy atom. The largest absolute Gasteiger partial charge is 0.756 e. The molecule has 0 heterocycles. The van der Waals surface area contributed by atoms with E-state index >= 15 is 0 Å². The van der Waals surface area contributed by atoms with E-state index in [1.54, 1.807) is 27.2 Å². The summed E-state index contributed by atoms with van der Waals surface area (Å²) in [6.07, 6.45) is 0.